The largest absolute Gasteiger partial charge is 0.304 e. The Morgan fingerprint density at radius 3 is 2.41 bits per heavy atom. The van der Waals surface area contributed by atoms with Gasteiger partial charge in [-0.15, -0.1) is 0 Å². The van der Waals surface area contributed by atoms with E-state index in [2.05, 4.69) is 46.0 Å². The molecule has 0 saturated carbocycles. The number of likely N-dealkylation sites (N-methyl/N-ethyl adjacent to an activating group) is 1. The first-order valence-corrected chi connectivity index (χ1v) is 10.2. The fourth-order valence-electron chi connectivity index (χ4n) is 4.46. The van der Waals surface area contributed by atoms with E-state index in [9.17, 15) is 4.39 Å². The maximum atomic E-state index is 13.5. The molecular weight excluding hydrogens is 337 g/mol. The molecule has 0 N–H and O–H groups in total. The van der Waals surface area contributed by atoms with Gasteiger partial charge in [0.1, 0.15) is 5.82 Å². The van der Waals surface area contributed by atoms with Gasteiger partial charge < -0.3 is 9.80 Å². The number of hydrogen-bond donors (Lipinski definition) is 0. The number of piperazine rings is 1. The third-order valence-electron chi connectivity index (χ3n) is 6.08. The van der Waals surface area contributed by atoms with E-state index in [1.807, 2.05) is 12.1 Å². The van der Waals surface area contributed by atoms with Crippen LogP contribution in [0.15, 0.2) is 48.5 Å². The highest BCUT2D eigenvalue weighted by atomic mass is 19.1. The second-order valence-corrected chi connectivity index (χ2v) is 7.94. The highest BCUT2D eigenvalue weighted by molar-refractivity contribution is 5.39. The van der Waals surface area contributed by atoms with Crippen molar-refractivity contribution in [3.63, 3.8) is 0 Å². The lowest BCUT2D eigenvalue weighted by Gasteiger charge is -2.38. The zero-order valence-corrected chi connectivity index (χ0v) is 16.3. The summed E-state index contributed by atoms with van der Waals surface area (Å²) in [5.41, 5.74) is 4.01. The van der Waals surface area contributed by atoms with Crippen LogP contribution in [-0.4, -0.2) is 67.6 Å². The molecule has 0 bridgehead atoms. The molecule has 3 nitrogen and oxygen atoms in total. The third-order valence-corrected chi connectivity index (χ3v) is 6.08. The minimum atomic E-state index is -0.163. The number of halogens is 1. The second-order valence-electron chi connectivity index (χ2n) is 7.94. The number of benzene rings is 2. The van der Waals surface area contributed by atoms with Gasteiger partial charge in [-0.1, -0.05) is 36.4 Å². The Bertz CT molecular complexity index is 738. The molecule has 27 heavy (non-hydrogen) atoms. The fraction of sp³-hybridized carbons (Fsp3) is 0.478. The molecule has 2 aliphatic rings. The first kappa shape index (κ1) is 18.6. The minimum Gasteiger partial charge on any atom is -0.304 e. The molecule has 2 heterocycles. The van der Waals surface area contributed by atoms with Crippen molar-refractivity contribution in [2.45, 2.75) is 18.9 Å². The van der Waals surface area contributed by atoms with Crippen LogP contribution in [0.5, 0.6) is 0 Å². The summed E-state index contributed by atoms with van der Waals surface area (Å²) in [5, 5.41) is 0. The van der Waals surface area contributed by atoms with Crippen LogP contribution in [-0.2, 0) is 6.42 Å². The third kappa shape index (κ3) is 4.40. The highest BCUT2D eigenvalue weighted by Gasteiger charge is 2.28. The average Bonchev–Trinajstić information content (AvgIpc) is 2.70. The van der Waals surface area contributed by atoms with Crippen LogP contribution in [0.2, 0.25) is 0 Å². The van der Waals surface area contributed by atoms with Crippen LogP contribution in [0.25, 0.3) is 0 Å². The van der Waals surface area contributed by atoms with Crippen molar-refractivity contribution in [3.05, 3.63) is 71.0 Å². The molecule has 2 aromatic rings. The van der Waals surface area contributed by atoms with Gasteiger partial charge in [0.25, 0.3) is 0 Å². The second kappa shape index (κ2) is 8.51. The smallest absolute Gasteiger partial charge is 0.123 e. The quantitative estimate of drug-likeness (QED) is 0.802. The van der Waals surface area contributed by atoms with Gasteiger partial charge in [-0.3, -0.25) is 4.90 Å². The van der Waals surface area contributed by atoms with E-state index in [0.717, 1.165) is 19.5 Å². The van der Waals surface area contributed by atoms with Crippen molar-refractivity contribution in [3.8, 4) is 0 Å². The topological polar surface area (TPSA) is 9.72 Å². The minimum absolute atomic E-state index is 0.163. The molecule has 144 valence electrons. The Morgan fingerprint density at radius 2 is 1.63 bits per heavy atom. The van der Waals surface area contributed by atoms with Crippen LogP contribution in [0, 0.1) is 5.82 Å². The highest BCUT2D eigenvalue weighted by Crippen LogP contribution is 2.35. The molecule has 0 radical (unpaired) electrons. The molecule has 0 amide bonds. The summed E-state index contributed by atoms with van der Waals surface area (Å²) in [6.07, 6.45) is 2.28. The van der Waals surface area contributed by atoms with Crippen LogP contribution in [0.3, 0.4) is 0 Å². The van der Waals surface area contributed by atoms with E-state index in [4.69, 9.17) is 0 Å². The van der Waals surface area contributed by atoms with Crippen LogP contribution in [0.1, 0.15) is 29.2 Å². The zero-order chi connectivity index (χ0) is 18.6. The van der Waals surface area contributed by atoms with Gasteiger partial charge in [-0.25, -0.2) is 4.39 Å². The van der Waals surface area contributed by atoms with Gasteiger partial charge in [0, 0.05) is 39.3 Å². The number of fused-ring (bicyclic) bond motifs is 1. The lowest BCUT2D eigenvalue weighted by Crippen LogP contribution is -2.45. The van der Waals surface area contributed by atoms with Gasteiger partial charge in [-0.2, -0.15) is 0 Å². The van der Waals surface area contributed by atoms with E-state index in [1.165, 1.54) is 55.8 Å². The van der Waals surface area contributed by atoms with Crippen LogP contribution < -0.4 is 0 Å². The molecule has 1 fully saturated rings. The number of rotatable bonds is 5. The molecule has 1 atom stereocenters. The average molecular weight is 368 g/mol. The molecule has 4 heteroatoms. The first-order valence-electron chi connectivity index (χ1n) is 10.2. The molecule has 2 aromatic carbocycles. The summed E-state index contributed by atoms with van der Waals surface area (Å²) in [6.45, 7) is 8.04. The molecule has 1 saturated heterocycles. The Labute approximate surface area is 162 Å². The molecule has 2 aliphatic heterocycles. The van der Waals surface area contributed by atoms with Crippen LogP contribution in [0.4, 0.5) is 4.39 Å². The Hall–Kier alpha value is -1.75. The number of hydrogen-bond acceptors (Lipinski definition) is 3. The number of nitrogens with zero attached hydrogens (tertiary/aromatic N) is 3. The van der Waals surface area contributed by atoms with Crippen molar-refractivity contribution in [1.82, 2.24) is 14.7 Å². The summed E-state index contributed by atoms with van der Waals surface area (Å²) in [7, 11) is 2.20. The lowest BCUT2D eigenvalue weighted by molar-refractivity contribution is 0.140. The van der Waals surface area contributed by atoms with Gasteiger partial charge >= 0.3 is 0 Å². The van der Waals surface area contributed by atoms with Gasteiger partial charge in [-0.05, 0) is 55.3 Å². The Morgan fingerprint density at radius 1 is 0.889 bits per heavy atom. The van der Waals surface area contributed by atoms with Gasteiger partial charge in [0.15, 0.2) is 0 Å². The van der Waals surface area contributed by atoms with Crippen molar-refractivity contribution >= 4 is 0 Å². The zero-order valence-electron chi connectivity index (χ0n) is 16.3. The molecule has 0 aromatic heterocycles. The fourth-order valence-corrected chi connectivity index (χ4v) is 4.46. The van der Waals surface area contributed by atoms with E-state index in [0.29, 0.717) is 0 Å². The Kier molecular flexibility index (Phi) is 5.86. The predicted molar refractivity (Wildman–Crippen MR) is 109 cm³/mol. The monoisotopic (exact) mass is 367 g/mol. The summed E-state index contributed by atoms with van der Waals surface area (Å²) in [6, 6.07) is 16.1. The Balaban J connectivity index is 1.46. The predicted octanol–water partition coefficient (Wildman–Crippen LogP) is 3.41. The maximum absolute atomic E-state index is 13.5. The van der Waals surface area contributed by atoms with Crippen molar-refractivity contribution in [2.24, 2.45) is 0 Å². The van der Waals surface area contributed by atoms with E-state index in [1.54, 1.807) is 12.1 Å². The van der Waals surface area contributed by atoms with E-state index < -0.39 is 0 Å². The van der Waals surface area contributed by atoms with Crippen LogP contribution >= 0.6 is 0 Å². The van der Waals surface area contributed by atoms with Crippen molar-refractivity contribution < 1.29 is 4.39 Å². The SMILES string of the molecule is CN1CCN(CCCN2CCc3ccccc3[C@@H]2c2ccc(F)cc2)CC1. The maximum Gasteiger partial charge on any atom is 0.123 e. The molecule has 0 aliphatic carbocycles. The first-order chi connectivity index (χ1) is 13.2. The summed E-state index contributed by atoms with van der Waals surface area (Å²) in [4.78, 5) is 7.58. The summed E-state index contributed by atoms with van der Waals surface area (Å²) >= 11 is 0. The van der Waals surface area contributed by atoms with Crippen molar-refractivity contribution in [2.75, 3.05) is 52.9 Å². The van der Waals surface area contributed by atoms with Gasteiger partial charge in [0.05, 0.1) is 6.04 Å². The van der Waals surface area contributed by atoms with E-state index >= 15 is 0 Å². The standard InChI is InChI=1S/C23H30FN3/c1-25-15-17-26(18-16-25)12-4-13-27-14-11-19-5-2-3-6-22(19)23(27)20-7-9-21(24)10-8-20/h2-3,5-10,23H,4,11-18H2,1H3/t23-/m0/s1. The van der Waals surface area contributed by atoms with Gasteiger partial charge in [0.2, 0.25) is 0 Å². The molecular formula is C23H30FN3. The van der Waals surface area contributed by atoms with E-state index in [-0.39, 0.29) is 11.9 Å². The summed E-state index contributed by atoms with van der Waals surface area (Å²) < 4.78 is 13.5. The summed E-state index contributed by atoms with van der Waals surface area (Å²) in [5.74, 6) is -0.163. The molecule has 4 rings (SSSR count). The lowest BCUT2D eigenvalue weighted by atomic mass is 9.88. The normalized spacial score (nSPS) is 21.9. The molecule has 0 unspecified atom stereocenters. The molecule has 0 spiro atoms. The van der Waals surface area contributed by atoms with Crippen molar-refractivity contribution in [1.29, 1.82) is 0 Å².